The minimum Gasteiger partial charge on any atom is -0.481 e. The maximum absolute atomic E-state index is 10.3. The fourth-order valence-corrected chi connectivity index (χ4v) is 1.33. The van der Waals surface area contributed by atoms with Gasteiger partial charge in [-0.2, -0.15) is 0 Å². The van der Waals surface area contributed by atoms with Gasteiger partial charge in [-0.15, -0.1) is 0 Å². The molecule has 0 aliphatic heterocycles. The molecular formula is C10H20O3. The first-order valence-corrected chi connectivity index (χ1v) is 4.92. The van der Waals surface area contributed by atoms with Crippen LogP contribution in [0.25, 0.3) is 0 Å². The predicted octanol–water partition coefficient (Wildman–Crippen LogP) is 2.04. The molecule has 0 spiro atoms. The number of aliphatic hydroxyl groups excluding tert-OH is 1. The number of unbranched alkanes of at least 4 members (excludes halogenated alkanes) is 1. The Bertz CT molecular complexity index is 143. The van der Waals surface area contributed by atoms with Crippen LogP contribution in [-0.4, -0.2) is 22.3 Å². The Hall–Kier alpha value is -0.570. The van der Waals surface area contributed by atoms with Gasteiger partial charge in [0.15, 0.2) is 0 Å². The summed E-state index contributed by atoms with van der Waals surface area (Å²) >= 11 is 0. The average Bonchev–Trinajstić information content (AvgIpc) is 1.96. The second-order valence-electron chi connectivity index (χ2n) is 3.84. The number of aliphatic carboxylic acids is 1. The zero-order valence-corrected chi connectivity index (χ0v) is 8.49. The van der Waals surface area contributed by atoms with Crippen molar-refractivity contribution in [1.29, 1.82) is 0 Å². The van der Waals surface area contributed by atoms with E-state index in [0.717, 1.165) is 25.7 Å². The standard InChI is InChI=1S/C10H20O3/c1-8(7-10(12)13)5-3-4-6-9(2)11/h8-9,11H,3-7H2,1-2H3,(H,12,13). The molecule has 13 heavy (non-hydrogen) atoms. The van der Waals surface area contributed by atoms with E-state index in [2.05, 4.69) is 0 Å². The minimum atomic E-state index is -0.719. The average molecular weight is 188 g/mol. The van der Waals surface area contributed by atoms with E-state index in [0.29, 0.717) is 0 Å². The molecule has 3 nitrogen and oxygen atoms in total. The Labute approximate surface area is 79.8 Å². The molecule has 0 bridgehead atoms. The summed E-state index contributed by atoms with van der Waals surface area (Å²) in [5.74, 6) is -0.463. The Kier molecular flexibility index (Phi) is 6.59. The van der Waals surface area contributed by atoms with E-state index in [4.69, 9.17) is 10.2 Å². The van der Waals surface area contributed by atoms with Crippen LogP contribution in [0, 0.1) is 5.92 Å². The number of aliphatic hydroxyl groups is 1. The molecule has 78 valence electrons. The van der Waals surface area contributed by atoms with Crippen LogP contribution in [0.15, 0.2) is 0 Å². The van der Waals surface area contributed by atoms with Crippen LogP contribution in [0.5, 0.6) is 0 Å². The molecular weight excluding hydrogens is 168 g/mol. The number of carboxylic acids is 1. The molecule has 2 atom stereocenters. The van der Waals surface area contributed by atoms with Crippen molar-refractivity contribution in [2.75, 3.05) is 0 Å². The normalized spacial score (nSPS) is 15.3. The molecule has 0 radical (unpaired) electrons. The maximum Gasteiger partial charge on any atom is 0.303 e. The lowest BCUT2D eigenvalue weighted by Crippen LogP contribution is -2.05. The largest absolute Gasteiger partial charge is 0.481 e. The van der Waals surface area contributed by atoms with Crippen LogP contribution in [0.3, 0.4) is 0 Å². The molecule has 0 aliphatic carbocycles. The summed E-state index contributed by atoms with van der Waals surface area (Å²) in [5, 5.41) is 17.5. The molecule has 0 saturated heterocycles. The number of hydrogen-bond donors (Lipinski definition) is 2. The summed E-state index contributed by atoms with van der Waals surface area (Å²) in [6.07, 6.45) is 3.80. The molecule has 0 aromatic rings. The van der Waals surface area contributed by atoms with Crippen molar-refractivity contribution >= 4 is 5.97 Å². The van der Waals surface area contributed by atoms with Gasteiger partial charge in [-0.25, -0.2) is 0 Å². The number of carbonyl (C=O) groups is 1. The quantitative estimate of drug-likeness (QED) is 0.601. The number of carboxylic acid groups (broad SMARTS) is 1. The van der Waals surface area contributed by atoms with Crippen molar-refractivity contribution in [2.24, 2.45) is 5.92 Å². The smallest absolute Gasteiger partial charge is 0.303 e. The lowest BCUT2D eigenvalue weighted by Gasteiger charge is -2.08. The molecule has 0 fully saturated rings. The summed E-state index contributed by atoms with van der Waals surface area (Å²) in [7, 11) is 0. The SMILES string of the molecule is CC(O)CCCCC(C)CC(=O)O. The summed E-state index contributed by atoms with van der Waals surface area (Å²) in [5.41, 5.74) is 0. The van der Waals surface area contributed by atoms with E-state index in [9.17, 15) is 4.79 Å². The van der Waals surface area contributed by atoms with E-state index in [1.165, 1.54) is 0 Å². The third-order valence-electron chi connectivity index (χ3n) is 2.09. The summed E-state index contributed by atoms with van der Waals surface area (Å²) in [6.45, 7) is 3.73. The zero-order chi connectivity index (χ0) is 10.3. The Morgan fingerprint density at radius 3 is 2.23 bits per heavy atom. The molecule has 3 heteroatoms. The topological polar surface area (TPSA) is 57.5 Å². The molecule has 0 aromatic carbocycles. The minimum absolute atomic E-state index is 0.227. The van der Waals surface area contributed by atoms with Gasteiger partial charge in [-0.05, 0) is 19.3 Å². The highest BCUT2D eigenvalue weighted by atomic mass is 16.4. The Morgan fingerprint density at radius 1 is 1.23 bits per heavy atom. The van der Waals surface area contributed by atoms with Crippen molar-refractivity contribution < 1.29 is 15.0 Å². The van der Waals surface area contributed by atoms with Crippen LogP contribution >= 0.6 is 0 Å². The maximum atomic E-state index is 10.3. The summed E-state index contributed by atoms with van der Waals surface area (Å²) in [6, 6.07) is 0. The first-order valence-electron chi connectivity index (χ1n) is 4.92. The summed E-state index contributed by atoms with van der Waals surface area (Å²) < 4.78 is 0. The third kappa shape index (κ3) is 9.34. The molecule has 0 heterocycles. The van der Waals surface area contributed by atoms with Gasteiger partial charge in [0.2, 0.25) is 0 Å². The molecule has 0 amide bonds. The van der Waals surface area contributed by atoms with E-state index < -0.39 is 5.97 Å². The van der Waals surface area contributed by atoms with E-state index in [-0.39, 0.29) is 18.4 Å². The highest BCUT2D eigenvalue weighted by Crippen LogP contribution is 2.13. The van der Waals surface area contributed by atoms with Gasteiger partial charge in [0, 0.05) is 6.42 Å². The van der Waals surface area contributed by atoms with Gasteiger partial charge >= 0.3 is 5.97 Å². The second-order valence-corrected chi connectivity index (χ2v) is 3.84. The Morgan fingerprint density at radius 2 is 1.77 bits per heavy atom. The molecule has 0 aliphatic rings. The van der Waals surface area contributed by atoms with Gasteiger partial charge in [0.05, 0.1) is 6.10 Å². The molecule has 2 N–H and O–H groups in total. The van der Waals surface area contributed by atoms with Crippen molar-refractivity contribution in [3.63, 3.8) is 0 Å². The molecule has 0 saturated carbocycles. The van der Waals surface area contributed by atoms with E-state index in [1.54, 1.807) is 6.92 Å². The molecule has 0 rings (SSSR count). The molecule has 0 aromatic heterocycles. The van der Waals surface area contributed by atoms with Crippen molar-refractivity contribution in [3.05, 3.63) is 0 Å². The van der Waals surface area contributed by atoms with Crippen LogP contribution in [0.2, 0.25) is 0 Å². The van der Waals surface area contributed by atoms with E-state index >= 15 is 0 Å². The van der Waals surface area contributed by atoms with Gasteiger partial charge in [-0.3, -0.25) is 4.79 Å². The van der Waals surface area contributed by atoms with Gasteiger partial charge in [-0.1, -0.05) is 26.2 Å². The number of hydrogen-bond acceptors (Lipinski definition) is 2. The van der Waals surface area contributed by atoms with Crippen LogP contribution in [0.4, 0.5) is 0 Å². The van der Waals surface area contributed by atoms with Crippen molar-refractivity contribution in [3.8, 4) is 0 Å². The lowest BCUT2D eigenvalue weighted by molar-refractivity contribution is -0.138. The zero-order valence-electron chi connectivity index (χ0n) is 8.49. The first-order chi connectivity index (χ1) is 6.02. The Balaban J connectivity index is 3.26. The van der Waals surface area contributed by atoms with Crippen LogP contribution < -0.4 is 0 Å². The van der Waals surface area contributed by atoms with Crippen molar-refractivity contribution in [2.45, 2.75) is 52.1 Å². The fourth-order valence-electron chi connectivity index (χ4n) is 1.33. The highest BCUT2D eigenvalue weighted by molar-refractivity contribution is 5.66. The van der Waals surface area contributed by atoms with Crippen LogP contribution in [0.1, 0.15) is 46.0 Å². The van der Waals surface area contributed by atoms with Crippen molar-refractivity contribution in [1.82, 2.24) is 0 Å². The third-order valence-corrected chi connectivity index (χ3v) is 2.09. The monoisotopic (exact) mass is 188 g/mol. The second kappa shape index (κ2) is 6.89. The van der Waals surface area contributed by atoms with Gasteiger partial charge < -0.3 is 10.2 Å². The van der Waals surface area contributed by atoms with Gasteiger partial charge in [0.25, 0.3) is 0 Å². The first kappa shape index (κ1) is 12.4. The fraction of sp³-hybridized carbons (Fsp3) is 0.900. The van der Waals surface area contributed by atoms with Crippen LogP contribution in [-0.2, 0) is 4.79 Å². The number of rotatable bonds is 7. The van der Waals surface area contributed by atoms with E-state index in [1.807, 2.05) is 6.92 Å². The summed E-state index contributed by atoms with van der Waals surface area (Å²) in [4.78, 5) is 10.3. The predicted molar refractivity (Wildman–Crippen MR) is 51.6 cm³/mol. The highest BCUT2D eigenvalue weighted by Gasteiger charge is 2.06. The lowest BCUT2D eigenvalue weighted by atomic mass is 9.99. The van der Waals surface area contributed by atoms with Gasteiger partial charge in [0.1, 0.15) is 0 Å². The molecule has 2 unspecified atom stereocenters.